The van der Waals surface area contributed by atoms with Crippen molar-refractivity contribution in [3.05, 3.63) is 16.1 Å². The summed E-state index contributed by atoms with van der Waals surface area (Å²) >= 11 is 3.32. The molecule has 8 heteroatoms. The SMILES string of the molecule is CCOC(C)c1nc(CSc2nnnn2C2CCCC2)cs1. The lowest BCUT2D eigenvalue weighted by Crippen LogP contribution is -2.08. The monoisotopic (exact) mass is 339 g/mol. The number of nitrogens with zero attached hydrogens (tertiary/aromatic N) is 5. The Hall–Kier alpha value is -0.990. The van der Waals surface area contributed by atoms with Gasteiger partial charge in [-0.1, -0.05) is 24.6 Å². The maximum Gasteiger partial charge on any atom is 0.209 e. The molecule has 0 amide bonds. The lowest BCUT2D eigenvalue weighted by atomic mass is 10.3. The van der Waals surface area contributed by atoms with E-state index in [-0.39, 0.29) is 6.10 Å². The van der Waals surface area contributed by atoms with Crippen molar-refractivity contribution in [2.45, 2.75) is 62.6 Å². The van der Waals surface area contributed by atoms with Crippen molar-refractivity contribution < 1.29 is 4.74 Å². The van der Waals surface area contributed by atoms with Crippen molar-refractivity contribution in [2.24, 2.45) is 0 Å². The summed E-state index contributed by atoms with van der Waals surface area (Å²) in [6.45, 7) is 4.75. The van der Waals surface area contributed by atoms with Crippen LogP contribution in [0.2, 0.25) is 0 Å². The molecule has 1 saturated carbocycles. The van der Waals surface area contributed by atoms with Crippen LogP contribution in [0.25, 0.3) is 0 Å². The highest BCUT2D eigenvalue weighted by Gasteiger charge is 2.21. The quantitative estimate of drug-likeness (QED) is 0.718. The number of rotatable bonds is 7. The number of tetrazole rings is 1. The van der Waals surface area contributed by atoms with Gasteiger partial charge in [0.1, 0.15) is 11.1 Å². The molecule has 0 radical (unpaired) electrons. The highest BCUT2D eigenvalue weighted by Crippen LogP contribution is 2.32. The van der Waals surface area contributed by atoms with Gasteiger partial charge in [-0.05, 0) is 37.1 Å². The zero-order chi connectivity index (χ0) is 15.4. The molecule has 3 rings (SSSR count). The van der Waals surface area contributed by atoms with E-state index in [1.807, 2.05) is 18.5 Å². The standard InChI is InChI=1S/C14H21N5OS2/c1-3-20-10(2)13-15-11(8-21-13)9-22-14-16-17-18-19(14)12-6-4-5-7-12/h8,10,12H,3-7,9H2,1-2H3. The van der Waals surface area contributed by atoms with Crippen LogP contribution >= 0.6 is 23.1 Å². The van der Waals surface area contributed by atoms with E-state index in [0.717, 1.165) is 21.6 Å². The van der Waals surface area contributed by atoms with Gasteiger partial charge in [-0.3, -0.25) is 0 Å². The van der Waals surface area contributed by atoms with Gasteiger partial charge in [-0.15, -0.1) is 16.4 Å². The van der Waals surface area contributed by atoms with E-state index in [1.165, 1.54) is 25.7 Å². The first kappa shape index (κ1) is 15.9. The Bertz CT molecular complexity index is 594. The zero-order valence-electron chi connectivity index (χ0n) is 12.9. The van der Waals surface area contributed by atoms with Gasteiger partial charge in [-0.2, -0.15) is 0 Å². The second-order valence-corrected chi connectivity index (χ2v) is 7.24. The fourth-order valence-corrected chi connectivity index (χ4v) is 4.46. The van der Waals surface area contributed by atoms with E-state index >= 15 is 0 Å². The fraction of sp³-hybridized carbons (Fsp3) is 0.714. The average molecular weight is 339 g/mol. The molecule has 0 spiro atoms. The molecule has 22 heavy (non-hydrogen) atoms. The molecule has 1 fully saturated rings. The Balaban J connectivity index is 1.60. The molecule has 2 aromatic heterocycles. The predicted octanol–water partition coefficient (Wildman–Crippen LogP) is 3.63. The summed E-state index contributed by atoms with van der Waals surface area (Å²) in [6, 6.07) is 0.474. The molecule has 0 N–H and O–H groups in total. The lowest BCUT2D eigenvalue weighted by Gasteiger charge is -2.10. The van der Waals surface area contributed by atoms with E-state index < -0.39 is 0 Å². The Kier molecular flexibility index (Phi) is 5.43. The molecule has 120 valence electrons. The molecule has 1 atom stereocenters. The van der Waals surface area contributed by atoms with Crippen LogP contribution in [0, 0.1) is 0 Å². The van der Waals surface area contributed by atoms with Crippen LogP contribution in [-0.2, 0) is 10.5 Å². The Morgan fingerprint density at radius 1 is 1.45 bits per heavy atom. The Labute approximate surface area is 138 Å². The minimum absolute atomic E-state index is 0.0672. The summed E-state index contributed by atoms with van der Waals surface area (Å²) in [5.41, 5.74) is 1.07. The summed E-state index contributed by atoms with van der Waals surface area (Å²) in [5.74, 6) is 0.794. The number of hydrogen-bond donors (Lipinski definition) is 0. The van der Waals surface area contributed by atoms with Crippen LogP contribution in [-0.4, -0.2) is 31.8 Å². The lowest BCUT2D eigenvalue weighted by molar-refractivity contribution is 0.0761. The topological polar surface area (TPSA) is 65.7 Å². The van der Waals surface area contributed by atoms with Crippen LogP contribution in [0.5, 0.6) is 0 Å². The van der Waals surface area contributed by atoms with Gasteiger partial charge in [0.15, 0.2) is 0 Å². The van der Waals surface area contributed by atoms with Gasteiger partial charge in [0.05, 0.1) is 11.7 Å². The highest BCUT2D eigenvalue weighted by atomic mass is 32.2. The van der Waals surface area contributed by atoms with Gasteiger partial charge in [0.25, 0.3) is 0 Å². The largest absolute Gasteiger partial charge is 0.372 e. The molecule has 6 nitrogen and oxygen atoms in total. The van der Waals surface area contributed by atoms with Crippen molar-refractivity contribution in [1.29, 1.82) is 0 Å². The number of ether oxygens (including phenoxy) is 1. The van der Waals surface area contributed by atoms with E-state index in [0.29, 0.717) is 12.6 Å². The van der Waals surface area contributed by atoms with Gasteiger partial charge in [-0.25, -0.2) is 9.67 Å². The molecule has 1 unspecified atom stereocenters. The van der Waals surface area contributed by atoms with Crippen LogP contribution in [0.15, 0.2) is 10.5 Å². The van der Waals surface area contributed by atoms with Gasteiger partial charge >= 0.3 is 0 Å². The molecule has 0 aliphatic heterocycles. The first-order valence-electron chi connectivity index (χ1n) is 7.74. The minimum atomic E-state index is 0.0672. The van der Waals surface area contributed by atoms with Gasteiger partial charge < -0.3 is 4.74 Å². The third-order valence-corrected chi connectivity index (χ3v) is 5.84. The third-order valence-electron chi connectivity index (χ3n) is 3.82. The van der Waals surface area contributed by atoms with Crippen LogP contribution < -0.4 is 0 Å². The second kappa shape index (κ2) is 7.52. The molecule has 0 saturated heterocycles. The van der Waals surface area contributed by atoms with Crippen molar-refractivity contribution >= 4 is 23.1 Å². The van der Waals surface area contributed by atoms with Crippen molar-refractivity contribution in [3.8, 4) is 0 Å². The second-order valence-electron chi connectivity index (χ2n) is 5.41. The van der Waals surface area contributed by atoms with E-state index in [4.69, 9.17) is 4.74 Å². The molecular weight excluding hydrogens is 318 g/mol. The molecule has 2 aromatic rings. The predicted molar refractivity (Wildman–Crippen MR) is 87.0 cm³/mol. The molecule has 1 aliphatic carbocycles. The van der Waals surface area contributed by atoms with Crippen LogP contribution in [0.1, 0.15) is 62.4 Å². The summed E-state index contributed by atoms with van der Waals surface area (Å²) in [4.78, 5) is 4.65. The number of hydrogen-bond acceptors (Lipinski definition) is 7. The van der Waals surface area contributed by atoms with Crippen molar-refractivity contribution in [1.82, 2.24) is 25.2 Å². The first-order valence-corrected chi connectivity index (χ1v) is 9.61. The minimum Gasteiger partial charge on any atom is -0.372 e. The average Bonchev–Trinajstić information content (AvgIpc) is 3.25. The van der Waals surface area contributed by atoms with E-state index in [9.17, 15) is 0 Å². The fourth-order valence-electron chi connectivity index (χ4n) is 2.69. The molecule has 1 aliphatic rings. The maximum absolute atomic E-state index is 5.58. The zero-order valence-corrected chi connectivity index (χ0v) is 14.6. The molecule has 0 aromatic carbocycles. The first-order chi connectivity index (χ1) is 10.8. The molecular formula is C14H21N5OS2. The number of thiazole rings is 1. The Morgan fingerprint density at radius 2 is 2.27 bits per heavy atom. The van der Waals surface area contributed by atoms with E-state index in [2.05, 4.69) is 25.9 Å². The summed E-state index contributed by atoms with van der Waals surface area (Å²) in [5, 5.41) is 16.2. The highest BCUT2D eigenvalue weighted by molar-refractivity contribution is 7.98. The summed E-state index contributed by atoms with van der Waals surface area (Å²) in [7, 11) is 0. The normalized spacial score (nSPS) is 17.2. The van der Waals surface area contributed by atoms with E-state index in [1.54, 1.807) is 23.1 Å². The third kappa shape index (κ3) is 3.67. The van der Waals surface area contributed by atoms with Gasteiger partial charge in [0.2, 0.25) is 5.16 Å². The summed E-state index contributed by atoms with van der Waals surface area (Å²) in [6.07, 6.45) is 4.99. The van der Waals surface area contributed by atoms with Crippen LogP contribution in [0.4, 0.5) is 0 Å². The maximum atomic E-state index is 5.58. The van der Waals surface area contributed by atoms with Gasteiger partial charge in [0, 0.05) is 17.7 Å². The molecule has 0 bridgehead atoms. The summed E-state index contributed by atoms with van der Waals surface area (Å²) < 4.78 is 7.58. The smallest absolute Gasteiger partial charge is 0.209 e. The number of aromatic nitrogens is 5. The Morgan fingerprint density at radius 3 is 3.05 bits per heavy atom. The van der Waals surface area contributed by atoms with Crippen molar-refractivity contribution in [3.63, 3.8) is 0 Å². The number of thioether (sulfide) groups is 1. The molecule has 2 heterocycles. The van der Waals surface area contributed by atoms with Crippen LogP contribution in [0.3, 0.4) is 0 Å². The van der Waals surface area contributed by atoms with Crippen molar-refractivity contribution in [2.75, 3.05) is 6.61 Å².